The topological polar surface area (TPSA) is 32.6 Å². The molecule has 0 N–H and O–H groups in total. The largest absolute Gasteiger partial charge is 0.365 e. The molecule has 0 aliphatic heterocycles. The Balaban J connectivity index is 3.22. The summed E-state index contributed by atoms with van der Waals surface area (Å²) in [6.07, 6.45) is -0.139. The molecule has 55 valence electrons. The van der Waals surface area contributed by atoms with Crippen molar-refractivity contribution in [1.82, 2.24) is 5.32 Å². The van der Waals surface area contributed by atoms with Gasteiger partial charge in [-0.05, 0) is 13.8 Å². The Bertz CT molecular complexity index is 60.1. The molecule has 9 heavy (non-hydrogen) atoms. The monoisotopic (exact) mass is 132 g/mol. The summed E-state index contributed by atoms with van der Waals surface area (Å²) in [6, 6.07) is 0. The van der Waals surface area contributed by atoms with Crippen molar-refractivity contribution in [2.75, 3.05) is 14.2 Å². The molecule has 0 spiro atoms. The van der Waals surface area contributed by atoms with E-state index in [1.165, 1.54) is 0 Å². The van der Waals surface area contributed by atoms with E-state index in [2.05, 4.69) is 5.32 Å². The second-order valence-corrected chi connectivity index (χ2v) is 1.82. The lowest BCUT2D eigenvalue weighted by atomic mass is 10.5. The maximum Gasteiger partial charge on any atom is 0.123 e. The summed E-state index contributed by atoms with van der Waals surface area (Å²) in [4.78, 5) is 0. The van der Waals surface area contributed by atoms with Crippen LogP contribution in [0.25, 0.3) is 0 Å². The van der Waals surface area contributed by atoms with Crippen LogP contribution in [-0.2, 0) is 9.47 Å². The molecule has 0 heterocycles. The van der Waals surface area contributed by atoms with Crippen molar-refractivity contribution in [2.45, 2.75) is 26.3 Å². The summed E-state index contributed by atoms with van der Waals surface area (Å²) < 4.78 is 9.75. The summed E-state index contributed by atoms with van der Waals surface area (Å²) in [5.74, 6) is 0. The van der Waals surface area contributed by atoms with Crippen molar-refractivity contribution in [3.8, 4) is 0 Å². The third-order valence-corrected chi connectivity index (χ3v) is 1.10. The number of methoxy groups -OCH3 is 2. The SMILES string of the molecule is COC(C)[N]C(C)OC. The van der Waals surface area contributed by atoms with Crippen LogP contribution in [0.1, 0.15) is 13.8 Å². The van der Waals surface area contributed by atoms with Gasteiger partial charge in [0.1, 0.15) is 12.5 Å². The third-order valence-electron chi connectivity index (χ3n) is 1.10. The van der Waals surface area contributed by atoms with Crippen LogP contribution in [0.15, 0.2) is 0 Å². The minimum atomic E-state index is -0.0695. The van der Waals surface area contributed by atoms with Gasteiger partial charge >= 0.3 is 0 Å². The lowest BCUT2D eigenvalue weighted by Crippen LogP contribution is -2.29. The molecule has 0 bridgehead atoms. The molecule has 2 atom stereocenters. The molecule has 0 fully saturated rings. The van der Waals surface area contributed by atoms with Crippen molar-refractivity contribution in [1.29, 1.82) is 0 Å². The van der Waals surface area contributed by atoms with Crippen molar-refractivity contribution >= 4 is 0 Å². The lowest BCUT2D eigenvalue weighted by Gasteiger charge is -2.14. The number of hydrogen-bond acceptors (Lipinski definition) is 2. The van der Waals surface area contributed by atoms with Crippen molar-refractivity contribution in [2.24, 2.45) is 0 Å². The Labute approximate surface area is 56.3 Å². The Morgan fingerprint density at radius 2 is 1.33 bits per heavy atom. The van der Waals surface area contributed by atoms with Crippen LogP contribution in [0.5, 0.6) is 0 Å². The maximum absolute atomic E-state index is 4.88. The van der Waals surface area contributed by atoms with Crippen molar-refractivity contribution < 1.29 is 9.47 Å². The second kappa shape index (κ2) is 4.73. The van der Waals surface area contributed by atoms with E-state index in [0.717, 1.165) is 0 Å². The normalized spacial score (nSPS) is 17.3. The molecule has 0 aliphatic carbocycles. The average Bonchev–Trinajstić information content (AvgIpc) is 1.87. The highest BCUT2D eigenvalue weighted by Crippen LogP contribution is 1.89. The van der Waals surface area contributed by atoms with Gasteiger partial charge in [0.15, 0.2) is 0 Å². The van der Waals surface area contributed by atoms with Crippen LogP contribution < -0.4 is 5.32 Å². The van der Waals surface area contributed by atoms with E-state index in [-0.39, 0.29) is 12.5 Å². The first-order valence-electron chi connectivity index (χ1n) is 2.96. The zero-order valence-electron chi connectivity index (χ0n) is 6.42. The van der Waals surface area contributed by atoms with Crippen LogP contribution in [0.2, 0.25) is 0 Å². The molecular formula is C6H14NO2. The minimum Gasteiger partial charge on any atom is -0.365 e. The zero-order valence-corrected chi connectivity index (χ0v) is 6.42. The number of nitrogens with zero attached hydrogens (tertiary/aromatic N) is 1. The van der Waals surface area contributed by atoms with E-state index in [4.69, 9.17) is 9.47 Å². The first-order chi connectivity index (χ1) is 4.20. The second-order valence-electron chi connectivity index (χ2n) is 1.82. The molecule has 3 heteroatoms. The first kappa shape index (κ1) is 8.88. The molecule has 2 unspecified atom stereocenters. The summed E-state index contributed by atoms with van der Waals surface area (Å²) in [5.41, 5.74) is 0. The van der Waals surface area contributed by atoms with Gasteiger partial charge in [0.2, 0.25) is 0 Å². The highest BCUT2D eigenvalue weighted by molar-refractivity contribution is 4.46. The fraction of sp³-hybridized carbons (Fsp3) is 1.00. The molecular weight excluding hydrogens is 118 g/mol. The smallest absolute Gasteiger partial charge is 0.123 e. The molecule has 0 aliphatic rings. The quantitative estimate of drug-likeness (QED) is 0.560. The van der Waals surface area contributed by atoms with Gasteiger partial charge in [-0.25, -0.2) is 0 Å². The Hall–Kier alpha value is -0.120. The minimum absolute atomic E-state index is 0.0695. The summed E-state index contributed by atoms with van der Waals surface area (Å²) in [7, 11) is 3.24. The predicted octanol–water partition coefficient (Wildman–Crippen LogP) is 0.576. The molecule has 0 saturated carbocycles. The Morgan fingerprint density at radius 3 is 1.56 bits per heavy atom. The third kappa shape index (κ3) is 4.39. The predicted molar refractivity (Wildman–Crippen MR) is 35.1 cm³/mol. The molecule has 3 nitrogen and oxygen atoms in total. The molecule has 1 radical (unpaired) electrons. The molecule has 0 aromatic carbocycles. The summed E-state index contributed by atoms with van der Waals surface area (Å²) >= 11 is 0. The van der Waals surface area contributed by atoms with Gasteiger partial charge in [-0.1, -0.05) is 0 Å². The van der Waals surface area contributed by atoms with Crippen molar-refractivity contribution in [3.63, 3.8) is 0 Å². The van der Waals surface area contributed by atoms with E-state index >= 15 is 0 Å². The number of ether oxygens (including phenoxy) is 2. The lowest BCUT2D eigenvalue weighted by molar-refractivity contribution is 0.00343. The first-order valence-corrected chi connectivity index (χ1v) is 2.96. The highest BCUT2D eigenvalue weighted by Gasteiger charge is 2.04. The number of hydrogen-bond donors (Lipinski definition) is 0. The van der Waals surface area contributed by atoms with E-state index in [9.17, 15) is 0 Å². The van der Waals surface area contributed by atoms with Crippen molar-refractivity contribution in [3.05, 3.63) is 0 Å². The molecule has 0 aromatic heterocycles. The average molecular weight is 132 g/mol. The van der Waals surface area contributed by atoms with Gasteiger partial charge in [-0.15, -0.1) is 0 Å². The van der Waals surface area contributed by atoms with Gasteiger partial charge < -0.3 is 9.47 Å². The van der Waals surface area contributed by atoms with E-state index in [1.54, 1.807) is 14.2 Å². The molecule has 0 saturated heterocycles. The van der Waals surface area contributed by atoms with E-state index in [0.29, 0.717) is 0 Å². The highest BCUT2D eigenvalue weighted by atomic mass is 16.5. The summed E-state index contributed by atoms with van der Waals surface area (Å²) in [6.45, 7) is 3.74. The fourth-order valence-corrected chi connectivity index (χ4v) is 0.417. The van der Waals surface area contributed by atoms with Crippen LogP contribution in [0, 0.1) is 0 Å². The zero-order chi connectivity index (χ0) is 7.28. The van der Waals surface area contributed by atoms with E-state index < -0.39 is 0 Å². The molecule has 0 aromatic rings. The Kier molecular flexibility index (Phi) is 4.67. The fourth-order valence-electron chi connectivity index (χ4n) is 0.417. The van der Waals surface area contributed by atoms with Gasteiger partial charge in [-0.3, -0.25) is 0 Å². The van der Waals surface area contributed by atoms with Gasteiger partial charge in [-0.2, -0.15) is 5.32 Å². The van der Waals surface area contributed by atoms with E-state index in [1.807, 2.05) is 13.8 Å². The van der Waals surface area contributed by atoms with Crippen LogP contribution >= 0.6 is 0 Å². The van der Waals surface area contributed by atoms with Crippen LogP contribution in [0.4, 0.5) is 0 Å². The van der Waals surface area contributed by atoms with Crippen LogP contribution in [-0.4, -0.2) is 26.7 Å². The van der Waals surface area contributed by atoms with Gasteiger partial charge in [0.05, 0.1) is 0 Å². The molecule has 0 amide bonds. The van der Waals surface area contributed by atoms with Crippen LogP contribution in [0.3, 0.4) is 0 Å². The van der Waals surface area contributed by atoms with Gasteiger partial charge in [0, 0.05) is 14.2 Å². The Morgan fingerprint density at radius 1 is 1.00 bits per heavy atom. The number of rotatable bonds is 4. The summed E-state index contributed by atoms with van der Waals surface area (Å²) in [5, 5.41) is 4.07. The van der Waals surface area contributed by atoms with Gasteiger partial charge in [0.25, 0.3) is 0 Å². The standard InChI is InChI=1S/C6H14NO2/c1-5(8-3)7-6(2)9-4/h5-6H,1-4H3. The maximum atomic E-state index is 4.88. The molecule has 0 rings (SSSR count).